The fourth-order valence-corrected chi connectivity index (χ4v) is 3.11. The third kappa shape index (κ3) is 5.47. The van der Waals surface area contributed by atoms with Crippen LogP contribution in [0.2, 0.25) is 0 Å². The number of hydrogen-bond donors (Lipinski definition) is 2. The van der Waals surface area contributed by atoms with Crippen molar-refractivity contribution < 1.29 is 23.9 Å². The maximum Gasteiger partial charge on any atom is 0.308 e. The minimum absolute atomic E-state index is 0.102. The van der Waals surface area contributed by atoms with Gasteiger partial charge in [0.1, 0.15) is 11.6 Å². The van der Waals surface area contributed by atoms with E-state index in [9.17, 15) is 14.4 Å². The molecule has 0 bridgehead atoms. The fraction of sp³-hybridized carbons (Fsp3) is 0.824. The second-order valence-electron chi connectivity index (χ2n) is 7.66. The zero-order valence-electron chi connectivity index (χ0n) is 14.8. The summed E-state index contributed by atoms with van der Waals surface area (Å²) in [6.45, 7) is 6.42. The zero-order chi connectivity index (χ0) is 17.8. The molecule has 2 rings (SSSR count). The highest BCUT2D eigenvalue weighted by molar-refractivity contribution is 5.89. The van der Waals surface area contributed by atoms with Gasteiger partial charge in [-0.15, -0.1) is 0 Å². The van der Waals surface area contributed by atoms with Gasteiger partial charge in [0.15, 0.2) is 0 Å². The van der Waals surface area contributed by atoms with Gasteiger partial charge in [-0.05, 0) is 46.5 Å². The van der Waals surface area contributed by atoms with Crippen LogP contribution in [0.25, 0.3) is 0 Å². The summed E-state index contributed by atoms with van der Waals surface area (Å²) in [5, 5.41) is 5.72. The highest BCUT2D eigenvalue weighted by Crippen LogP contribution is 2.27. The predicted molar refractivity (Wildman–Crippen MR) is 87.2 cm³/mol. The molecule has 2 fully saturated rings. The maximum absolute atomic E-state index is 12.6. The number of amides is 2. The van der Waals surface area contributed by atoms with E-state index >= 15 is 0 Å². The molecular weight excluding hydrogens is 312 g/mol. The quantitative estimate of drug-likeness (QED) is 0.746. The van der Waals surface area contributed by atoms with Crippen molar-refractivity contribution >= 4 is 17.8 Å². The van der Waals surface area contributed by atoms with Crippen LogP contribution < -0.4 is 10.6 Å². The predicted octanol–water partition coefficient (Wildman–Crippen LogP) is 1.05. The molecular formula is C17H28N2O5. The minimum atomic E-state index is -0.667. The number of carbonyl (C=O) groups excluding carboxylic acids is 3. The molecule has 0 saturated carbocycles. The summed E-state index contributed by atoms with van der Waals surface area (Å²) in [6, 6.07) is -0.524. The molecule has 1 atom stereocenters. The Kier molecular flexibility index (Phi) is 5.85. The highest BCUT2D eigenvalue weighted by Gasteiger charge is 2.39. The average Bonchev–Trinajstić information content (AvgIpc) is 2.45. The Morgan fingerprint density at radius 3 is 2.58 bits per heavy atom. The lowest BCUT2D eigenvalue weighted by Crippen LogP contribution is -2.59. The molecule has 7 nitrogen and oxygen atoms in total. The van der Waals surface area contributed by atoms with Gasteiger partial charge in [-0.1, -0.05) is 0 Å². The van der Waals surface area contributed by atoms with Gasteiger partial charge in [0.05, 0.1) is 12.0 Å². The Hall–Kier alpha value is -1.63. The van der Waals surface area contributed by atoms with Gasteiger partial charge in [0.25, 0.3) is 0 Å². The van der Waals surface area contributed by atoms with E-state index in [1.54, 1.807) is 0 Å². The molecule has 0 aromatic carbocycles. The first-order valence-electron chi connectivity index (χ1n) is 8.60. The average molecular weight is 340 g/mol. The van der Waals surface area contributed by atoms with E-state index in [1.165, 1.54) is 0 Å². The molecule has 2 aliphatic heterocycles. The van der Waals surface area contributed by atoms with E-state index in [-0.39, 0.29) is 24.2 Å². The van der Waals surface area contributed by atoms with Gasteiger partial charge < -0.3 is 20.1 Å². The summed E-state index contributed by atoms with van der Waals surface area (Å²) in [6.07, 6.45) is 3.00. The van der Waals surface area contributed by atoms with E-state index in [0.717, 1.165) is 0 Å². The van der Waals surface area contributed by atoms with E-state index in [4.69, 9.17) is 9.47 Å². The largest absolute Gasteiger partial charge is 0.460 e. The molecule has 2 heterocycles. The van der Waals surface area contributed by atoms with Crippen molar-refractivity contribution in [1.82, 2.24) is 10.6 Å². The number of hydrogen-bond acceptors (Lipinski definition) is 5. The first-order chi connectivity index (χ1) is 11.2. The Bertz CT molecular complexity index is 492. The van der Waals surface area contributed by atoms with Crippen LogP contribution in [0.15, 0.2) is 0 Å². The van der Waals surface area contributed by atoms with E-state index < -0.39 is 17.2 Å². The van der Waals surface area contributed by atoms with Crippen LogP contribution in [0.1, 0.15) is 59.3 Å². The molecule has 0 spiro atoms. The Labute approximate surface area is 142 Å². The maximum atomic E-state index is 12.6. The molecule has 2 amide bonds. The van der Waals surface area contributed by atoms with E-state index in [1.807, 2.05) is 20.8 Å². The number of piperidine rings is 1. The van der Waals surface area contributed by atoms with E-state index in [2.05, 4.69) is 10.6 Å². The van der Waals surface area contributed by atoms with Gasteiger partial charge in [-0.2, -0.15) is 0 Å². The van der Waals surface area contributed by atoms with Crippen molar-refractivity contribution in [1.29, 1.82) is 0 Å². The SMILES string of the molecule is CC(C)(C)OC(=O)CC1(NC(=O)C2CCCC(=O)N2)CCOCC1. The standard InChI is InChI=1S/C17H28N2O5/c1-16(2,3)24-14(21)11-17(7-9-23-10-8-17)19-15(22)12-5-4-6-13(20)18-12/h12H,4-11H2,1-3H3,(H,18,20)(H,19,22). The molecule has 0 aromatic heterocycles. The Morgan fingerprint density at radius 2 is 2.00 bits per heavy atom. The van der Waals surface area contributed by atoms with E-state index in [0.29, 0.717) is 45.3 Å². The first kappa shape index (κ1) is 18.7. The summed E-state index contributed by atoms with van der Waals surface area (Å²) in [5.74, 6) is -0.666. The van der Waals surface area contributed by atoms with Crippen molar-refractivity contribution in [3.8, 4) is 0 Å². The van der Waals surface area contributed by atoms with Gasteiger partial charge in [-0.25, -0.2) is 0 Å². The molecule has 24 heavy (non-hydrogen) atoms. The molecule has 7 heteroatoms. The minimum Gasteiger partial charge on any atom is -0.460 e. The van der Waals surface area contributed by atoms with Crippen molar-refractivity contribution in [2.45, 2.75) is 76.5 Å². The molecule has 1 unspecified atom stereocenters. The lowest BCUT2D eigenvalue weighted by atomic mass is 9.85. The summed E-state index contributed by atoms with van der Waals surface area (Å²) in [4.78, 5) is 36.3. The second kappa shape index (κ2) is 7.51. The Balaban J connectivity index is 2.02. The second-order valence-corrected chi connectivity index (χ2v) is 7.66. The first-order valence-corrected chi connectivity index (χ1v) is 8.60. The number of ether oxygens (including phenoxy) is 2. The number of nitrogens with one attached hydrogen (secondary N) is 2. The molecule has 2 N–H and O–H groups in total. The molecule has 0 aliphatic carbocycles. The molecule has 0 radical (unpaired) electrons. The number of carbonyl (C=O) groups is 3. The van der Waals surface area contributed by atoms with Gasteiger partial charge in [0, 0.05) is 19.6 Å². The lowest BCUT2D eigenvalue weighted by molar-refractivity contribution is -0.158. The Morgan fingerprint density at radius 1 is 1.33 bits per heavy atom. The smallest absolute Gasteiger partial charge is 0.308 e. The van der Waals surface area contributed by atoms with Gasteiger partial charge >= 0.3 is 5.97 Å². The van der Waals surface area contributed by atoms with Crippen LogP contribution in [0.5, 0.6) is 0 Å². The van der Waals surface area contributed by atoms with Crippen molar-refractivity contribution in [3.05, 3.63) is 0 Å². The lowest BCUT2D eigenvalue weighted by Gasteiger charge is -2.39. The van der Waals surface area contributed by atoms with Crippen molar-refractivity contribution in [2.24, 2.45) is 0 Å². The van der Waals surface area contributed by atoms with Crippen LogP contribution in [-0.4, -0.2) is 48.2 Å². The monoisotopic (exact) mass is 340 g/mol. The van der Waals surface area contributed by atoms with Crippen LogP contribution >= 0.6 is 0 Å². The normalized spacial score (nSPS) is 24.0. The molecule has 2 saturated heterocycles. The number of esters is 1. The summed E-state index contributed by atoms with van der Waals surface area (Å²) >= 11 is 0. The van der Waals surface area contributed by atoms with Gasteiger partial charge in [0.2, 0.25) is 11.8 Å². The third-order valence-corrected chi connectivity index (χ3v) is 4.29. The molecule has 2 aliphatic rings. The summed E-state index contributed by atoms with van der Waals surface area (Å²) in [5.41, 5.74) is -1.23. The van der Waals surface area contributed by atoms with Crippen molar-refractivity contribution in [3.63, 3.8) is 0 Å². The van der Waals surface area contributed by atoms with Crippen LogP contribution in [0, 0.1) is 0 Å². The molecule has 0 aromatic rings. The highest BCUT2D eigenvalue weighted by atomic mass is 16.6. The topological polar surface area (TPSA) is 93.7 Å². The summed E-state index contributed by atoms with van der Waals surface area (Å²) < 4.78 is 10.8. The van der Waals surface area contributed by atoms with Crippen LogP contribution in [0.4, 0.5) is 0 Å². The molecule has 136 valence electrons. The van der Waals surface area contributed by atoms with Crippen molar-refractivity contribution in [2.75, 3.05) is 13.2 Å². The third-order valence-electron chi connectivity index (χ3n) is 4.29. The van der Waals surface area contributed by atoms with Crippen LogP contribution in [-0.2, 0) is 23.9 Å². The van der Waals surface area contributed by atoms with Crippen LogP contribution in [0.3, 0.4) is 0 Å². The summed E-state index contributed by atoms with van der Waals surface area (Å²) in [7, 11) is 0. The van der Waals surface area contributed by atoms with Gasteiger partial charge in [-0.3, -0.25) is 14.4 Å². The fourth-order valence-electron chi connectivity index (χ4n) is 3.11. The zero-order valence-corrected chi connectivity index (χ0v) is 14.8. The number of rotatable bonds is 4.